The number of amides is 1. The Morgan fingerprint density at radius 3 is 2.65 bits per heavy atom. The molecular formula is C18H20N2O2S. The predicted octanol–water partition coefficient (Wildman–Crippen LogP) is 2.93. The Hall–Kier alpha value is -2.40. The number of thiocarbonyl (C=S) groups is 1. The molecule has 120 valence electrons. The van der Waals surface area contributed by atoms with Gasteiger partial charge in [-0.1, -0.05) is 36.4 Å². The van der Waals surface area contributed by atoms with Crippen LogP contribution in [0.15, 0.2) is 54.6 Å². The molecule has 2 aromatic carbocycles. The third-order valence-electron chi connectivity index (χ3n) is 3.16. The van der Waals surface area contributed by atoms with E-state index in [1.807, 2.05) is 31.2 Å². The van der Waals surface area contributed by atoms with E-state index in [1.165, 1.54) is 5.56 Å². The van der Waals surface area contributed by atoms with Gasteiger partial charge in [-0.15, -0.1) is 0 Å². The van der Waals surface area contributed by atoms with Crippen molar-refractivity contribution in [2.75, 3.05) is 13.2 Å². The lowest BCUT2D eigenvalue weighted by atomic mass is 10.2. The van der Waals surface area contributed by atoms with Gasteiger partial charge in [0.1, 0.15) is 5.75 Å². The van der Waals surface area contributed by atoms with Crippen LogP contribution in [0.1, 0.15) is 22.8 Å². The van der Waals surface area contributed by atoms with Crippen LogP contribution in [-0.2, 0) is 6.42 Å². The number of hydrogen-bond donors (Lipinski definition) is 2. The van der Waals surface area contributed by atoms with Crippen molar-refractivity contribution in [2.45, 2.75) is 13.3 Å². The standard InChI is InChI=1S/C18H20N2O2S/c1-2-19-18(23)20-17(21)15-9-6-10-16(13-15)22-12-11-14-7-4-3-5-8-14/h3-10,13H,2,11-12H2,1H3,(H2,19,20,21,23). The molecule has 2 rings (SSSR count). The number of benzene rings is 2. The van der Waals surface area contributed by atoms with E-state index in [0.29, 0.717) is 29.6 Å². The zero-order chi connectivity index (χ0) is 16.5. The Labute approximate surface area is 141 Å². The van der Waals surface area contributed by atoms with Crippen molar-refractivity contribution in [3.05, 3.63) is 65.7 Å². The molecule has 0 heterocycles. The van der Waals surface area contributed by atoms with Gasteiger partial charge in [-0.05, 0) is 42.9 Å². The second kappa shape index (κ2) is 8.90. The Morgan fingerprint density at radius 2 is 1.91 bits per heavy atom. The fourth-order valence-electron chi connectivity index (χ4n) is 2.04. The van der Waals surface area contributed by atoms with Crippen LogP contribution in [0.3, 0.4) is 0 Å². The van der Waals surface area contributed by atoms with Gasteiger partial charge in [0.2, 0.25) is 0 Å². The lowest BCUT2D eigenvalue weighted by Gasteiger charge is -2.10. The molecule has 0 bridgehead atoms. The predicted molar refractivity (Wildman–Crippen MR) is 95.8 cm³/mol. The van der Waals surface area contributed by atoms with Gasteiger partial charge in [0.15, 0.2) is 5.11 Å². The van der Waals surface area contributed by atoms with Crippen LogP contribution >= 0.6 is 12.2 Å². The Bertz CT molecular complexity index is 659. The Kier molecular flexibility index (Phi) is 6.56. The molecule has 0 aliphatic rings. The first-order valence-electron chi connectivity index (χ1n) is 7.55. The number of hydrogen-bond acceptors (Lipinski definition) is 3. The van der Waals surface area contributed by atoms with Crippen LogP contribution < -0.4 is 15.4 Å². The van der Waals surface area contributed by atoms with Gasteiger partial charge in [-0.3, -0.25) is 10.1 Å². The summed E-state index contributed by atoms with van der Waals surface area (Å²) < 4.78 is 5.72. The number of rotatable bonds is 6. The van der Waals surface area contributed by atoms with Gasteiger partial charge in [0, 0.05) is 18.5 Å². The maximum Gasteiger partial charge on any atom is 0.257 e. The first kappa shape index (κ1) is 17.0. The van der Waals surface area contributed by atoms with Crippen LogP contribution in [0.2, 0.25) is 0 Å². The summed E-state index contributed by atoms with van der Waals surface area (Å²) in [6.45, 7) is 3.15. The monoisotopic (exact) mass is 328 g/mol. The van der Waals surface area contributed by atoms with Crippen molar-refractivity contribution in [3.63, 3.8) is 0 Å². The molecule has 5 heteroatoms. The molecule has 0 unspecified atom stereocenters. The summed E-state index contributed by atoms with van der Waals surface area (Å²) in [6, 6.07) is 17.2. The van der Waals surface area contributed by atoms with Gasteiger partial charge in [-0.25, -0.2) is 0 Å². The minimum absolute atomic E-state index is 0.246. The van der Waals surface area contributed by atoms with Crippen LogP contribution in [0.5, 0.6) is 5.75 Å². The summed E-state index contributed by atoms with van der Waals surface area (Å²) in [7, 11) is 0. The maximum absolute atomic E-state index is 12.1. The highest BCUT2D eigenvalue weighted by atomic mass is 32.1. The normalized spacial score (nSPS) is 9.96. The largest absolute Gasteiger partial charge is 0.493 e. The Balaban J connectivity index is 1.89. The van der Waals surface area contributed by atoms with Crippen molar-refractivity contribution >= 4 is 23.2 Å². The molecule has 0 aliphatic heterocycles. The molecule has 0 radical (unpaired) electrons. The number of carbonyl (C=O) groups excluding carboxylic acids is 1. The fourth-order valence-corrected chi connectivity index (χ4v) is 2.28. The molecule has 0 aromatic heterocycles. The van der Waals surface area contributed by atoms with Gasteiger partial charge < -0.3 is 10.1 Å². The number of ether oxygens (including phenoxy) is 1. The molecular weight excluding hydrogens is 308 g/mol. The minimum Gasteiger partial charge on any atom is -0.493 e. The number of carbonyl (C=O) groups is 1. The third kappa shape index (κ3) is 5.71. The van der Waals surface area contributed by atoms with E-state index in [-0.39, 0.29) is 5.91 Å². The van der Waals surface area contributed by atoms with Crippen molar-refractivity contribution in [1.82, 2.24) is 10.6 Å². The summed E-state index contributed by atoms with van der Waals surface area (Å²) in [5.41, 5.74) is 1.74. The first-order valence-corrected chi connectivity index (χ1v) is 7.96. The molecule has 0 aliphatic carbocycles. The summed E-state index contributed by atoms with van der Waals surface area (Å²) in [6.07, 6.45) is 0.821. The third-order valence-corrected chi connectivity index (χ3v) is 3.41. The van der Waals surface area contributed by atoms with Crippen molar-refractivity contribution in [3.8, 4) is 5.75 Å². The van der Waals surface area contributed by atoms with E-state index in [9.17, 15) is 4.79 Å². The average molecular weight is 328 g/mol. The molecule has 4 nitrogen and oxygen atoms in total. The van der Waals surface area contributed by atoms with E-state index < -0.39 is 0 Å². The summed E-state index contributed by atoms with van der Waals surface area (Å²) in [5.74, 6) is 0.424. The highest BCUT2D eigenvalue weighted by molar-refractivity contribution is 7.80. The van der Waals surface area contributed by atoms with E-state index in [2.05, 4.69) is 22.8 Å². The van der Waals surface area contributed by atoms with Crippen LogP contribution in [-0.4, -0.2) is 24.2 Å². The lowest BCUT2D eigenvalue weighted by molar-refractivity contribution is 0.0976. The second-order valence-corrected chi connectivity index (χ2v) is 5.33. The van der Waals surface area contributed by atoms with Gasteiger partial charge in [-0.2, -0.15) is 0 Å². The summed E-state index contributed by atoms with van der Waals surface area (Å²) >= 11 is 5.01. The topological polar surface area (TPSA) is 50.4 Å². The molecule has 2 N–H and O–H groups in total. The van der Waals surface area contributed by atoms with Gasteiger partial charge >= 0.3 is 0 Å². The fraction of sp³-hybridized carbons (Fsp3) is 0.222. The molecule has 0 saturated carbocycles. The second-order valence-electron chi connectivity index (χ2n) is 4.93. The van der Waals surface area contributed by atoms with E-state index in [0.717, 1.165) is 6.42 Å². The molecule has 0 spiro atoms. The molecule has 2 aromatic rings. The summed E-state index contributed by atoms with van der Waals surface area (Å²) in [5, 5.41) is 5.84. The van der Waals surface area contributed by atoms with E-state index in [1.54, 1.807) is 18.2 Å². The van der Waals surface area contributed by atoms with Gasteiger partial charge in [0.05, 0.1) is 6.61 Å². The quantitative estimate of drug-likeness (QED) is 0.801. The van der Waals surface area contributed by atoms with Crippen LogP contribution in [0.4, 0.5) is 0 Å². The molecule has 0 saturated heterocycles. The van der Waals surface area contributed by atoms with Crippen LogP contribution in [0.25, 0.3) is 0 Å². The zero-order valence-electron chi connectivity index (χ0n) is 13.0. The first-order chi connectivity index (χ1) is 11.2. The molecule has 23 heavy (non-hydrogen) atoms. The van der Waals surface area contributed by atoms with E-state index >= 15 is 0 Å². The molecule has 0 fully saturated rings. The highest BCUT2D eigenvalue weighted by Crippen LogP contribution is 2.14. The smallest absolute Gasteiger partial charge is 0.257 e. The summed E-state index contributed by atoms with van der Waals surface area (Å²) in [4.78, 5) is 12.1. The molecule has 1 amide bonds. The van der Waals surface area contributed by atoms with Crippen molar-refractivity contribution < 1.29 is 9.53 Å². The molecule has 0 atom stereocenters. The Morgan fingerprint density at radius 1 is 1.13 bits per heavy atom. The van der Waals surface area contributed by atoms with Crippen molar-refractivity contribution in [1.29, 1.82) is 0 Å². The van der Waals surface area contributed by atoms with E-state index in [4.69, 9.17) is 17.0 Å². The number of nitrogens with one attached hydrogen (secondary N) is 2. The zero-order valence-corrected chi connectivity index (χ0v) is 13.9. The highest BCUT2D eigenvalue weighted by Gasteiger charge is 2.08. The SMILES string of the molecule is CCNC(=S)NC(=O)c1cccc(OCCc2ccccc2)c1. The maximum atomic E-state index is 12.1. The van der Waals surface area contributed by atoms with Crippen molar-refractivity contribution in [2.24, 2.45) is 0 Å². The lowest BCUT2D eigenvalue weighted by Crippen LogP contribution is -2.39. The van der Waals surface area contributed by atoms with Crippen LogP contribution in [0, 0.1) is 0 Å². The minimum atomic E-state index is -0.246. The van der Waals surface area contributed by atoms with Gasteiger partial charge in [0.25, 0.3) is 5.91 Å². The average Bonchev–Trinajstić information content (AvgIpc) is 2.56.